The lowest BCUT2D eigenvalue weighted by atomic mass is 9.89. The zero-order chi connectivity index (χ0) is 20.4. The number of nitriles is 1. The quantitative estimate of drug-likeness (QED) is 0.580. The van der Waals surface area contributed by atoms with Gasteiger partial charge in [0.25, 0.3) is 0 Å². The van der Waals surface area contributed by atoms with Crippen LogP contribution >= 0.6 is 0 Å². The number of ether oxygens (including phenoxy) is 2. The summed E-state index contributed by atoms with van der Waals surface area (Å²) >= 11 is 0. The molecule has 0 amide bonds. The summed E-state index contributed by atoms with van der Waals surface area (Å²) in [5.74, 6) is 1.27. The first-order valence-electron chi connectivity index (χ1n) is 9.27. The van der Waals surface area contributed by atoms with Crippen molar-refractivity contribution in [1.82, 2.24) is 0 Å². The molecule has 4 nitrogen and oxygen atoms in total. The van der Waals surface area contributed by atoms with Crippen molar-refractivity contribution in [3.05, 3.63) is 100 Å². The van der Waals surface area contributed by atoms with Crippen LogP contribution in [0.5, 0.6) is 11.5 Å². The number of hydrogen-bond donors (Lipinski definition) is 0. The molecule has 0 radical (unpaired) electrons. The molecule has 0 fully saturated rings. The first kappa shape index (κ1) is 18.5. The van der Waals surface area contributed by atoms with Gasteiger partial charge in [0, 0.05) is 5.57 Å². The van der Waals surface area contributed by atoms with Crippen molar-refractivity contribution in [2.24, 2.45) is 0 Å². The molecule has 0 saturated carbocycles. The highest BCUT2D eigenvalue weighted by Crippen LogP contribution is 2.40. The standard InChI is InChI=1S/C25H19NO3/c1-16-3-12-21-23(13-16)29-25(19-8-10-20(28-2)11-9-19)22(24(21)27)14-17-4-6-18(15-26)7-5-17/h3-14,25H,1-2H3/b22-14-. The number of rotatable bonds is 3. The number of nitrogens with zero attached hydrogens (tertiary/aromatic N) is 1. The maximum atomic E-state index is 13.3. The topological polar surface area (TPSA) is 59.3 Å². The normalized spacial score (nSPS) is 16.7. The third-order valence-electron chi connectivity index (χ3n) is 4.95. The average molecular weight is 381 g/mol. The van der Waals surface area contributed by atoms with Gasteiger partial charge in [0.1, 0.15) is 11.5 Å². The van der Waals surface area contributed by atoms with Crippen molar-refractivity contribution in [2.45, 2.75) is 13.0 Å². The lowest BCUT2D eigenvalue weighted by molar-refractivity contribution is 0.0963. The molecule has 1 aliphatic rings. The van der Waals surface area contributed by atoms with E-state index < -0.39 is 6.10 Å². The van der Waals surface area contributed by atoms with E-state index in [4.69, 9.17) is 14.7 Å². The van der Waals surface area contributed by atoms with E-state index in [-0.39, 0.29) is 5.78 Å². The zero-order valence-corrected chi connectivity index (χ0v) is 16.2. The van der Waals surface area contributed by atoms with E-state index in [2.05, 4.69) is 6.07 Å². The molecule has 1 aliphatic heterocycles. The molecule has 4 heteroatoms. The number of hydrogen-bond acceptors (Lipinski definition) is 4. The number of benzene rings is 3. The summed E-state index contributed by atoms with van der Waals surface area (Å²) in [6.07, 6.45) is 1.31. The third kappa shape index (κ3) is 3.63. The molecule has 0 aliphatic carbocycles. The van der Waals surface area contributed by atoms with E-state index in [0.29, 0.717) is 22.4 Å². The lowest BCUT2D eigenvalue weighted by Gasteiger charge is -2.28. The van der Waals surface area contributed by atoms with Crippen LogP contribution in [0.1, 0.15) is 38.7 Å². The van der Waals surface area contributed by atoms with Crippen LogP contribution in [0.25, 0.3) is 6.08 Å². The number of fused-ring (bicyclic) bond motifs is 1. The van der Waals surface area contributed by atoms with Crippen LogP contribution < -0.4 is 9.47 Å². The molecule has 0 saturated heterocycles. The molecule has 3 aromatic rings. The maximum Gasteiger partial charge on any atom is 0.196 e. The predicted molar refractivity (Wildman–Crippen MR) is 111 cm³/mol. The SMILES string of the molecule is COc1ccc(C2Oc3cc(C)ccc3C(=O)/C2=C/c2ccc(C#N)cc2)cc1. The van der Waals surface area contributed by atoms with Crippen molar-refractivity contribution in [1.29, 1.82) is 5.26 Å². The molecule has 29 heavy (non-hydrogen) atoms. The number of ketones is 1. The van der Waals surface area contributed by atoms with Gasteiger partial charge in [0.15, 0.2) is 11.9 Å². The molecule has 0 N–H and O–H groups in total. The van der Waals surface area contributed by atoms with Crippen LogP contribution in [0.3, 0.4) is 0 Å². The van der Waals surface area contributed by atoms with Crippen molar-refractivity contribution in [3.63, 3.8) is 0 Å². The second-order valence-corrected chi connectivity index (χ2v) is 6.93. The summed E-state index contributed by atoms with van der Waals surface area (Å²) in [7, 11) is 1.62. The van der Waals surface area contributed by atoms with E-state index in [0.717, 1.165) is 22.4 Å². The molecule has 1 heterocycles. The Hall–Kier alpha value is -3.84. The van der Waals surface area contributed by atoms with Gasteiger partial charge in [-0.15, -0.1) is 0 Å². The second kappa shape index (κ2) is 7.65. The van der Waals surface area contributed by atoms with E-state index in [1.54, 1.807) is 19.2 Å². The summed E-state index contributed by atoms with van der Waals surface area (Å²) in [6.45, 7) is 1.97. The van der Waals surface area contributed by atoms with Crippen molar-refractivity contribution < 1.29 is 14.3 Å². The number of aryl methyl sites for hydroxylation is 1. The largest absolute Gasteiger partial charge is 0.497 e. The summed E-state index contributed by atoms with van der Waals surface area (Å²) in [5.41, 5.74) is 4.42. The Morgan fingerprint density at radius 2 is 1.76 bits per heavy atom. The molecule has 4 rings (SSSR count). The minimum Gasteiger partial charge on any atom is -0.497 e. The Bertz CT molecular complexity index is 1140. The fourth-order valence-electron chi connectivity index (χ4n) is 3.38. The van der Waals surface area contributed by atoms with Gasteiger partial charge < -0.3 is 9.47 Å². The summed E-state index contributed by atoms with van der Waals surface area (Å²) in [6, 6.07) is 22.4. The Kier molecular flexibility index (Phi) is 4.88. The minimum absolute atomic E-state index is 0.0589. The number of Topliss-reactive ketones (excluding diaryl/α,β-unsaturated/α-hetero) is 1. The second-order valence-electron chi connectivity index (χ2n) is 6.93. The van der Waals surface area contributed by atoms with Crippen LogP contribution in [0.15, 0.2) is 72.3 Å². The predicted octanol–water partition coefficient (Wildman–Crippen LogP) is 5.28. The fourth-order valence-corrected chi connectivity index (χ4v) is 3.38. The Labute approximate surface area is 169 Å². The molecular weight excluding hydrogens is 362 g/mol. The summed E-state index contributed by atoms with van der Waals surface area (Å²) in [5, 5.41) is 9.01. The number of methoxy groups -OCH3 is 1. The maximum absolute atomic E-state index is 13.3. The Morgan fingerprint density at radius 3 is 2.41 bits per heavy atom. The zero-order valence-electron chi connectivity index (χ0n) is 16.2. The van der Waals surface area contributed by atoms with Gasteiger partial charge in [0.05, 0.1) is 24.3 Å². The average Bonchev–Trinajstić information content (AvgIpc) is 2.76. The Balaban J connectivity index is 1.82. The highest BCUT2D eigenvalue weighted by Gasteiger charge is 2.33. The van der Waals surface area contributed by atoms with E-state index in [1.807, 2.05) is 67.6 Å². The number of carbonyl (C=O) groups excluding carboxylic acids is 1. The van der Waals surface area contributed by atoms with Crippen molar-refractivity contribution in [3.8, 4) is 17.6 Å². The van der Waals surface area contributed by atoms with E-state index in [1.165, 1.54) is 0 Å². The molecule has 1 atom stereocenters. The van der Waals surface area contributed by atoms with Gasteiger partial charge in [-0.25, -0.2) is 0 Å². The molecule has 0 spiro atoms. The van der Waals surface area contributed by atoms with Crippen molar-refractivity contribution >= 4 is 11.9 Å². The third-order valence-corrected chi connectivity index (χ3v) is 4.95. The summed E-state index contributed by atoms with van der Waals surface area (Å²) in [4.78, 5) is 13.3. The first-order valence-corrected chi connectivity index (χ1v) is 9.27. The van der Waals surface area contributed by atoms with Crippen LogP contribution in [-0.4, -0.2) is 12.9 Å². The van der Waals surface area contributed by atoms with Crippen LogP contribution in [-0.2, 0) is 0 Å². The first-order chi connectivity index (χ1) is 14.1. The van der Waals surface area contributed by atoms with Crippen LogP contribution in [0.4, 0.5) is 0 Å². The smallest absolute Gasteiger partial charge is 0.196 e. The van der Waals surface area contributed by atoms with Gasteiger partial charge in [-0.05, 0) is 66.1 Å². The van der Waals surface area contributed by atoms with Gasteiger partial charge in [-0.1, -0.05) is 30.3 Å². The molecular formula is C25H19NO3. The molecule has 1 unspecified atom stereocenters. The van der Waals surface area contributed by atoms with Gasteiger partial charge in [-0.3, -0.25) is 4.79 Å². The molecule has 142 valence electrons. The number of carbonyl (C=O) groups is 1. The molecule has 0 bridgehead atoms. The minimum atomic E-state index is -0.529. The Morgan fingerprint density at radius 1 is 1.03 bits per heavy atom. The van der Waals surface area contributed by atoms with Crippen molar-refractivity contribution in [2.75, 3.05) is 7.11 Å². The van der Waals surface area contributed by atoms with Crippen LogP contribution in [0, 0.1) is 18.3 Å². The highest BCUT2D eigenvalue weighted by molar-refractivity contribution is 6.14. The lowest BCUT2D eigenvalue weighted by Crippen LogP contribution is -2.24. The monoisotopic (exact) mass is 381 g/mol. The van der Waals surface area contributed by atoms with Crippen LogP contribution in [0.2, 0.25) is 0 Å². The van der Waals surface area contributed by atoms with Gasteiger partial charge in [0.2, 0.25) is 0 Å². The van der Waals surface area contributed by atoms with Gasteiger partial charge in [-0.2, -0.15) is 5.26 Å². The molecule has 3 aromatic carbocycles. The fraction of sp³-hybridized carbons (Fsp3) is 0.120. The summed E-state index contributed by atoms with van der Waals surface area (Å²) < 4.78 is 11.5. The molecule has 0 aromatic heterocycles. The highest BCUT2D eigenvalue weighted by atomic mass is 16.5. The van der Waals surface area contributed by atoms with E-state index >= 15 is 0 Å². The van der Waals surface area contributed by atoms with Gasteiger partial charge >= 0.3 is 0 Å². The van der Waals surface area contributed by atoms with E-state index in [9.17, 15) is 4.79 Å².